The third-order valence-corrected chi connectivity index (χ3v) is 5.36. The van der Waals surface area contributed by atoms with Crippen LogP contribution in [0.25, 0.3) is 0 Å². The minimum absolute atomic E-state index is 0.271. The molecule has 0 aliphatic carbocycles. The van der Waals surface area contributed by atoms with Gasteiger partial charge in [-0.25, -0.2) is 0 Å². The maximum absolute atomic E-state index is 6.28. The molecule has 0 amide bonds. The Morgan fingerprint density at radius 2 is 1.68 bits per heavy atom. The molecule has 0 spiro atoms. The van der Waals surface area contributed by atoms with Gasteiger partial charge in [0.1, 0.15) is 0 Å². The van der Waals surface area contributed by atoms with Gasteiger partial charge in [-0.2, -0.15) is 0 Å². The molecule has 22 heavy (non-hydrogen) atoms. The monoisotopic (exact) mass is 320 g/mol. The third-order valence-electron chi connectivity index (χ3n) is 3.76. The molecule has 0 aromatic heterocycles. The van der Waals surface area contributed by atoms with E-state index in [4.69, 9.17) is 4.74 Å². The van der Waals surface area contributed by atoms with Crippen LogP contribution >= 0.6 is 0 Å². The van der Waals surface area contributed by atoms with E-state index in [1.54, 1.807) is 0 Å². The predicted molar refractivity (Wildman–Crippen MR) is 101 cm³/mol. The number of benzene rings is 1. The Morgan fingerprint density at radius 1 is 1.00 bits per heavy atom. The first-order chi connectivity index (χ1) is 10.2. The molecule has 1 rings (SSSR count). The van der Waals surface area contributed by atoms with Gasteiger partial charge >= 0.3 is 0 Å². The minimum atomic E-state index is -1.15. The van der Waals surface area contributed by atoms with Crippen LogP contribution in [0.1, 0.15) is 51.3 Å². The van der Waals surface area contributed by atoms with Crippen molar-refractivity contribution in [3.05, 3.63) is 35.4 Å². The summed E-state index contributed by atoms with van der Waals surface area (Å²) in [5.41, 5.74) is 2.84. The number of ether oxygens (including phenoxy) is 1. The highest BCUT2D eigenvalue weighted by Crippen LogP contribution is 2.29. The first-order valence-corrected chi connectivity index (χ1v) is 12.6. The fraction of sp³-hybridized carbons (Fsp3) is 0.700. The van der Waals surface area contributed by atoms with Crippen molar-refractivity contribution in [3.8, 4) is 0 Å². The zero-order valence-corrected chi connectivity index (χ0v) is 16.8. The van der Waals surface area contributed by atoms with E-state index in [0.29, 0.717) is 5.92 Å². The molecule has 0 N–H and O–H groups in total. The smallest absolute Gasteiger partial charge is 0.0801 e. The van der Waals surface area contributed by atoms with Gasteiger partial charge in [0.25, 0.3) is 0 Å². The second kappa shape index (κ2) is 8.88. The van der Waals surface area contributed by atoms with Crippen molar-refractivity contribution in [2.24, 2.45) is 11.8 Å². The summed E-state index contributed by atoms with van der Waals surface area (Å²) < 4.78 is 6.28. The Labute approximate surface area is 139 Å². The molecule has 0 bridgehead atoms. The molecule has 0 saturated heterocycles. The molecule has 0 heterocycles. The lowest BCUT2D eigenvalue weighted by Crippen LogP contribution is -2.25. The number of aryl methyl sites for hydroxylation is 1. The number of hydrogen-bond acceptors (Lipinski definition) is 1. The van der Waals surface area contributed by atoms with Crippen molar-refractivity contribution in [2.45, 2.75) is 72.3 Å². The van der Waals surface area contributed by atoms with Gasteiger partial charge in [0.2, 0.25) is 0 Å². The third kappa shape index (κ3) is 8.14. The Morgan fingerprint density at radius 3 is 2.23 bits per heavy atom. The highest BCUT2D eigenvalue weighted by atomic mass is 28.3. The van der Waals surface area contributed by atoms with Crippen molar-refractivity contribution < 1.29 is 4.74 Å². The summed E-state index contributed by atoms with van der Waals surface area (Å²) in [5.74, 6) is 1.35. The normalized spacial score (nSPS) is 13.9. The van der Waals surface area contributed by atoms with Gasteiger partial charge in [0, 0.05) is 14.7 Å². The van der Waals surface area contributed by atoms with E-state index in [-0.39, 0.29) is 6.10 Å². The average Bonchev–Trinajstić information content (AvgIpc) is 2.40. The van der Waals surface area contributed by atoms with Crippen molar-refractivity contribution in [1.82, 2.24) is 0 Å². The molecule has 1 aromatic carbocycles. The second-order valence-corrected chi connectivity index (χ2v) is 14.2. The standard InChI is InChI=1S/C20H36OSi/c1-16(2)11-12-18-9-8-10-19(13-18)20(15-22(5,6)7)21-14-17(3)4/h8-10,13,16-17,20H,11-12,14-15H2,1-7H3. The van der Waals surface area contributed by atoms with E-state index < -0.39 is 8.07 Å². The number of hydrogen-bond donors (Lipinski definition) is 0. The Hall–Kier alpha value is -0.603. The molecule has 1 nitrogen and oxygen atoms in total. The Kier molecular flexibility index (Phi) is 7.85. The second-order valence-electron chi connectivity index (χ2n) is 8.66. The summed E-state index contributed by atoms with van der Waals surface area (Å²) in [7, 11) is -1.15. The lowest BCUT2D eigenvalue weighted by atomic mass is 9.99. The molecule has 0 saturated carbocycles. The average molecular weight is 321 g/mol. The van der Waals surface area contributed by atoms with Gasteiger partial charge in [-0.05, 0) is 41.8 Å². The fourth-order valence-electron chi connectivity index (χ4n) is 2.54. The van der Waals surface area contributed by atoms with Crippen molar-refractivity contribution in [1.29, 1.82) is 0 Å². The quantitative estimate of drug-likeness (QED) is 0.483. The molecule has 2 heteroatoms. The predicted octanol–water partition coefficient (Wildman–Crippen LogP) is 6.33. The van der Waals surface area contributed by atoms with Gasteiger partial charge in [-0.15, -0.1) is 0 Å². The van der Waals surface area contributed by atoms with Crippen molar-refractivity contribution in [3.63, 3.8) is 0 Å². The van der Waals surface area contributed by atoms with Gasteiger partial charge in [0.05, 0.1) is 6.10 Å². The minimum Gasteiger partial charge on any atom is -0.374 e. The van der Waals surface area contributed by atoms with Crippen LogP contribution in [0, 0.1) is 11.8 Å². The van der Waals surface area contributed by atoms with Gasteiger partial charge in [-0.3, -0.25) is 0 Å². The van der Waals surface area contributed by atoms with E-state index in [1.807, 2.05) is 0 Å². The fourth-order valence-corrected chi connectivity index (χ4v) is 4.01. The lowest BCUT2D eigenvalue weighted by Gasteiger charge is -2.26. The first kappa shape index (κ1) is 19.4. The molecule has 0 aliphatic heterocycles. The Bertz CT molecular complexity index is 432. The van der Waals surface area contributed by atoms with Crippen LogP contribution in [0.15, 0.2) is 24.3 Å². The molecule has 0 radical (unpaired) electrons. The molecule has 1 aromatic rings. The van der Waals surface area contributed by atoms with Gasteiger partial charge in [-0.1, -0.05) is 71.6 Å². The zero-order valence-electron chi connectivity index (χ0n) is 15.8. The van der Waals surface area contributed by atoms with E-state index in [0.717, 1.165) is 12.5 Å². The van der Waals surface area contributed by atoms with Crippen molar-refractivity contribution in [2.75, 3.05) is 6.61 Å². The van der Waals surface area contributed by atoms with E-state index >= 15 is 0 Å². The van der Waals surface area contributed by atoms with E-state index in [1.165, 1.54) is 30.0 Å². The van der Waals surface area contributed by atoms with Gasteiger partial charge < -0.3 is 4.74 Å². The lowest BCUT2D eigenvalue weighted by molar-refractivity contribution is 0.0461. The molecule has 126 valence electrons. The number of rotatable bonds is 9. The first-order valence-electron chi connectivity index (χ1n) is 8.88. The summed E-state index contributed by atoms with van der Waals surface area (Å²) in [4.78, 5) is 0. The maximum atomic E-state index is 6.28. The molecule has 0 fully saturated rings. The maximum Gasteiger partial charge on any atom is 0.0801 e. The summed E-state index contributed by atoms with van der Waals surface area (Å²) in [5, 5.41) is 0. The summed E-state index contributed by atoms with van der Waals surface area (Å²) in [6, 6.07) is 10.3. The summed E-state index contributed by atoms with van der Waals surface area (Å²) in [6.07, 6.45) is 2.71. The summed E-state index contributed by atoms with van der Waals surface area (Å²) >= 11 is 0. The molecule has 1 unspecified atom stereocenters. The van der Waals surface area contributed by atoms with Crippen LogP contribution in [0.3, 0.4) is 0 Å². The molecule has 0 aliphatic rings. The van der Waals surface area contributed by atoms with Crippen LogP contribution < -0.4 is 0 Å². The molecular weight excluding hydrogens is 284 g/mol. The molecule has 1 atom stereocenters. The van der Waals surface area contributed by atoms with Crippen molar-refractivity contribution >= 4 is 8.07 Å². The largest absolute Gasteiger partial charge is 0.374 e. The highest BCUT2D eigenvalue weighted by Gasteiger charge is 2.23. The van der Waals surface area contributed by atoms with E-state index in [9.17, 15) is 0 Å². The highest BCUT2D eigenvalue weighted by molar-refractivity contribution is 6.76. The van der Waals surface area contributed by atoms with Crippen LogP contribution in [0.4, 0.5) is 0 Å². The van der Waals surface area contributed by atoms with Crippen LogP contribution in [-0.4, -0.2) is 14.7 Å². The Balaban J connectivity index is 2.85. The van der Waals surface area contributed by atoms with Gasteiger partial charge in [0.15, 0.2) is 0 Å². The zero-order chi connectivity index (χ0) is 16.8. The van der Waals surface area contributed by atoms with Crippen LogP contribution in [-0.2, 0) is 11.2 Å². The SMILES string of the molecule is CC(C)CCc1cccc(C(C[Si](C)(C)C)OCC(C)C)c1. The van der Waals surface area contributed by atoms with E-state index in [2.05, 4.69) is 71.6 Å². The topological polar surface area (TPSA) is 9.23 Å². The summed E-state index contributed by atoms with van der Waals surface area (Å²) in [6.45, 7) is 17.2. The molecular formula is C20H36OSi. The van der Waals surface area contributed by atoms with Crippen LogP contribution in [0.2, 0.25) is 25.7 Å². The van der Waals surface area contributed by atoms with Crippen LogP contribution in [0.5, 0.6) is 0 Å².